The fourth-order valence-electron chi connectivity index (χ4n) is 11.8. The number of nitrogens with zero attached hydrogens (tertiary/aromatic N) is 5. The molecule has 11 aromatic carbocycles. The van der Waals surface area contributed by atoms with E-state index in [0.29, 0.717) is 0 Å². The van der Waals surface area contributed by atoms with Crippen LogP contribution in [-0.2, 0) is 0 Å². The summed E-state index contributed by atoms with van der Waals surface area (Å²) in [4.78, 5) is 12.6. The van der Waals surface area contributed by atoms with Gasteiger partial charge in [0.15, 0.2) is 5.82 Å². The maximum absolute atomic E-state index is 5.87. The Morgan fingerprint density at radius 1 is 0.324 bits per heavy atom. The Morgan fingerprint density at radius 3 is 1.63 bits per heavy atom. The molecule has 0 atom stereocenters. The lowest BCUT2D eigenvalue weighted by molar-refractivity contribution is 1.09. The van der Waals surface area contributed by atoms with Crippen LogP contribution < -0.4 is 0 Å². The van der Waals surface area contributed by atoms with Crippen LogP contribution in [0.25, 0.3) is 147 Å². The summed E-state index contributed by atoms with van der Waals surface area (Å²) in [5.41, 5.74) is 11.9. The second-order valence-corrected chi connectivity index (χ2v) is 19.1. The molecule has 0 N–H and O–H groups in total. The Labute approximate surface area is 391 Å². The van der Waals surface area contributed by atoms with Crippen LogP contribution in [0.2, 0.25) is 0 Å². The van der Waals surface area contributed by atoms with Crippen LogP contribution in [0.4, 0.5) is 0 Å². The zero-order valence-corrected chi connectivity index (χ0v) is 37.2. The van der Waals surface area contributed by atoms with Gasteiger partial charge in [0.2, 0.25) is 0 Å². The minimum atomic E-state index is 0.813. The van der Waals surface area contributed by atoms with Crippen LogP contribution in [0.5, 0.6) is 0 Å². The Bertz CT molecular complexity index is 4800. The van der Waals surface area contributed by atoms with Crippen LogP contribution in [-0.4, -0.2) is 23.7 Å². The minimum absolute atomic E-state index is 0.813. The fourth-order valence-corrected chi connectivity index (χ4v) is 12.9. The summed E-state index contributed by atoms with van der Waals surface area (Å²) in [5, 5.41) is 15.7. The molecule has 16 rings (SSSR count). The SMILES string of the molecule is c1ccc(-n2c3ccccc3c3c(-c4nc5sc6ccccc6c5nc4-n4c5cccc6c7ccccc7c7cccc8c7c7c(c65)c4ccc7n8-c4ccc5ccccc5c4)cccc32)cc1. The van der Waals surface area contributed by atoms with Gasteiger partial charge in [0.25, 0.3) is 0 Å². The molecule has 5 heterocycles. The van der Waals surface area contributed by atoms with E-state index < -0.39 is 0 Å². The van der Waals surface area contributed by atoms with Crippen LogP contribution >= 0.6 is 11.3 Å². The first kappa shape index (κ1) is 36.4. The summed E-state index contributed by atoms with van der Waals surface area (Å²) in [6, 6.07) is 77.6. The topological polar surface area (TPSA) is 40.6 Å². The van der Waals surface area contributed by atoms with Gasteiger partial charge in [0.05, 0.1) is 33.1 Å². The van der Waals surface area contributed by atoms with Crippen molar-refractivity contribution in [2.45, 2.75) is 0 Å². The second-order valence-electron chi connectivity index (χ2n) is 18.0. The Hall–Kier alpha value is -8.84. The van der Waals surface area contributed by atoms with Crippen molar-refractivity contribution in [1.29, 1.82) is 0 Å². The van der Waals surface area contributed by atoms with Crippen molar-refractivity contribution in [2.24, 2.45) is 0 Å². The standard InChI is InChI=1S/C62H35N5S/c1-2-17-38(18-3-1)65-47-26-10-8-21-44(47)54-46(25-14-27-48(54)65)59-61(63-60-45-22-9-11-30-53(45)68-62(60)64-59)67-50-29-13-24-43-41-20-7-6-19-40(41)42-23-12-28-49-55(42)57-51(33-34-52(67)58(57)56(43)50)66(49)39-32-31-36-15-4-5-16-37(36)35-39/h1-35H. The normalized spacial score (nSPS) is 12.4. The molecule has 0 radical (unpaired) electrons. The highest BCUT2D eigenvalue weighted by molar-refractivity contribution is 7.25. The third-order valence-corrected chi connectivity index (χ3v) is 15.6. The molecule has 0 fully saturated rings. The molecule has 68 heavy (non-hydrogen) atoms. The van der Waals surface area contributed by atoms with Gasteiger partial charge in [-0.05, 0) is 99.0 Å². The van der Waals surface area contributed by atoms with Gasteiger partial charge in [-0.25, -0.2) is 9.97 Å². The lowest BCUT2D eigenvalue weighted by atomic mass is 9.95. The predicted molar refractivity (Wildman–Crippen MR) is 287 cm³/mol. The molecule has 0 aliphatic heterocycles. The third kappa shape index (κ3) is 4.73. The van der Waals surface area contributed by atoms with Gasteiger partial charge in [-0.2, -0.15) is 0 Å². The molecule has 0 saturated carbocycles. The maximum atomic E-state index is 5.87. The highest BCUT2D eigenvalue weighted by atomic mass is 32.1. The summed E-state index contributed by atoms with van der Waals surface area (Å²) in [5.74, 6) is 0.813. The van der Waals surface area contributed by atoms with E-state index in [1.165, 1.54) is 75.0 Å². The monoisotopic (exact) mass is 881 g/mol. The van der Waals surface area contributed by atoms with Gasteiger partial charge in [0, 0.05) is 59.3 Å². The number of fused-ring (bicyclic) bond motifs is 10. The molecule has 5 aromatic heterocycles. The Morgan fingerprint density at radius 2 is 0.868 bits per heavy atom. The largest absolute Gasteiger partial charge is 0.309 e. The van der Waals surface area contributed by atoms with Crippen molar-refractivity contribution in [2.75, 3.05) is 0 Å². The second kappa shape index (κ2) is 13.4. The summed E-state index contributed by atoms with van der Waals surface area (Å²) in [6.07, 6.45) is 0. The quantitative estimate of drug-likeness (QED) is 0.177. The number of aromatic nitrogens is 5. The molecular weight excluding hydrogens is 847 g/mol. The van der Waals surface area contributed by atoms with E-state index in [1.54, 1.807) is 11.3 Å². The van der Waals surface area contributed by atoms with E-state index >= 15 is 0 Å². The van der Waals surface area contributed by atoms with Crippen molar-refractivity contribution >= 4 is 130 Å². The molecule has 314 valence electrons. The molecule has 0 saturated heterocycles. The van der Waals surface area contributed by atoms with E-state index in [-0.39, 0.29) is 0 Å². The van der Waals surface area contributed by atoms with Gasteiger partial charge in [-0.15, -0.1) is 11.3 Å². The predicted octanol–water partition coefficient (Wildman–Crippen LogP) is 16.7. The molecule has 0 unspecified atom stereocenters. The molecule has 0 bridgehead atoms. The van der Waals surface area contributed by atoms with Gasteiger partial charge >= 0.3 is 0 Å². The highest BCUT2D eigenvalue weighted by Crippen LogP contribution is 2.49. The van der Waals surface area contributed by atoms with E-state index in [0.717, 1.165) is 71.6 Å². The van der Waals surface area contributed by atoms with E-state index in [1.807, 2.05) is 0 Å². The van der Waals surface area contributed by atoms with Crippen molar-refractivity contribution in [3.63, 3.8) is 0 Å². The molecule has 6 heteroatoms. The fraction of sp³-hybridized carbons (Fsp3) is 0. The molecule has 0 aliphatic carbocycles. The van der Waals surface area contributed by atoms with Crippen molar-refractivity contribution in [3.8, 4) is 28.5 Å². The van der Waals surface area contributed by atoms with Crippen molar-refractivity contribution in [3.05, 3.63) is 212 Å². The molecular formula is C62H35N5S. The van der Waals surface area contributed by atoms with Crippen molar-refractivity contribution < 1.29 is 0 Å². The van der Waals surface area contributed by atoms with Crippen LogP contribution in [0, 0.1) is 0 Å². The highest BCUT2D eigenvalue weighted by Gasteiger charge is 2.28. The average Bonchev–Trinajstić information content (AvgIpc) is 4.14. The van der Waals surface area contributed by atoms with Gasteiger partial charge < -0.3 is 9.13 Å². The molecule has 0 spiro atoms. The van der Waals surface area contributed by atoms with Gasteiger partial charge in [-0.1, -0.05) is 146 Å². The van der Waals surface area contributed by atoms with Crippen LogP contribution in [0.3, 0.4) is 0 Å². The van der Waals surface area contributed by atoms with Gasteiger partial charge in [0.1, 0.15) is 16.0 Å². The smallest absolute Gasteiger partial charge is 0.165 e. The first-order valence-corrected chi connectivity index (χ1v) is 24.0. The Kier molecular flexibility index (Phi) is 7.16. The van der Waals surface area contributed by atoms with Crippen LogP contribution in [0.1, 0.15) is 0 Å². The molecule has 16 aromatic rings. The maximum Gasteiger partial charge on any atom is 0.165 e. The first-order valence-electron chi connectivity index (χ1n) is 23.2. The molecule has 0 aliphatic rings. The summed E-state index contributed by atoms with van der Waals surface area (Å²) in [7, 11) is 0. The number of hydrogen-bond acceptors (Lipinski definition) is 3. The average molecular weight is 882 g/mol. The molecule has 0 amide bonds. The zero-order valence-electron chi connectivity index (χ0n) is 36.4. The zero-order chi connectivity index (χ0) is 44.2. The lowest BCUT2D eigenvalue weighted by Crippen LogP contribution is -2.03. The van der Waals surface area contributed by atoms with E-state index in [4.69, 9.17) is 9.97 Å². The number of benzene rings is 10. The van der Waals surface area contributed by atoms with Crippen molar-refractivity contribution in [1.82, 2.24) is 23.7 Å². The first-order chi connectivity index (χ1) is 33.8. The number of para-hydroxylation sites is 2. The molecule has 5 nitrogen and oxygen atoms in total. The van der Waals surface area contributed by atoms with Gasteiger partial charge in [-0.3, -0.25) is 4.57 Å². The van der Waals surface area contributed by atoms with E-state index in [2.05, 4.69) is 226 Å². The van der Waals surface area contributed by atoms with E-state index in [9.17, 15) is 0 Å². The third-order valence-electron chi connectivity index (χ3n) is 14.6. The summed E-state index contributed by atoms with van der Waals surface area (Å²) < 4.78 is 8.48. The van der Waals surface area contributed by atoms with Crippen LogP contribution in [0.15, 0.2) is 212 Å². The Balaban J connectivity index is 1.11. The number of rotatable bonds is 4. The summed E-state index contributed by atoms with van der Waals surface area (Å²) >= 11 is 1.71. The number of hydrogen-bond donors (Lipinski definition) is 0. The minimum Gasteiger partial charge on any atom is -0.309 e. The lowest BCUT2D eigenvalue weighted by Gasteiger charge is -2.14. The number of thiophene rings is 1. The summed E-state index contributed by atoms with van der Waals surface area (Å²) in [6.45, 7) is 0.